The molecule has 2 N–H and O–H groups in total. The Morgan fingerprint density at radius 1 is 1.62 bits per heavy atom. The molecule has 0 aliphatic carbocycles. The van der Waals surface area contributed by atoms with E-state index in [-0.39, 0.29) is 0 Å². The van der Waals surface area contributed by atoms with Crippen LogP contribution in [0.5, 0.6) is 0 Å². The summed E-state index contributed by atoms with van der Waals surface area (Å²) in [6.45, 7) is 4.08. The van der Waals surface area contributed by atoms with Crippen LogP contribution in [0.2, 0.25) is 0 Å². The number of rotatable bonds is 2. The summed E-state index contributed by atoms with van der Waals surface area (Å²) in [5.41, 5.74) is 5.71. The Bertz CT molecular complexity index is 294. The Hall–Kier alpha value is -0.320. The van der Waals surface area contributed by atoms with Gasteiger partial charge in [0.05, 0.1) is 6.04 Å². The average molecular weight is 245 g/mol. The van der Waals surface area contributed by atoms with Crippen molar-refractivity contribution in [2.24, 2.45) is 5.73 Å². The third-order valence-corrected chi connectivity index (χ3v) is 2.92. The Labute approximate surface area is 86.0 Å². The fraction of sp³-hybridized carbons (Fsp3) is 0.556. The molecule has 1 aliphatic heterocycles. The molecule has 1 atom stereocenters. The Morgan fingerprint density at radius 2 is 2.31 bits per heavy atom. The maximum Gasteiger partial charge on any atom is 0.169 e. The highest BCUT2D eigenvalue weighted by Gasteiger charge is 2.29. The molecular formula is C9H13BrN2O. The number of likely N-dealkylation sites (tertiary alicyclic amines) is 1. The minimum absolute atomic E-state index is 0.339. The van der Waals surface area contributed by atoms with Gasteiger partial charge >= 0.3 is 0 Å². The maximum absolute atomic E-state index is 5.71. The van der Waals surface area contributed by atoms with Crippen LogP contribution in [0.4, 0.5) is 0 Å². The van der Waals surface area contributed by atoms with E-state index >= 15 is 0 Å². The van der Waals surface area contributed by atoms with E-state index in [1.807, 2.05) is 12.1 Å². The van der Waals surface area contributed by atoms with Crippen molar-refractivity contribution in [1.82, 2.24) is 4.90 Å². The molecule has 1 unspecified atom stereocenters. The number of nitrogens with zero attached hydrogens (tertiary/aromatic N) is 1. The summed E-state index contributed by atoms with van der Waals surface area (Å²) < 4.78 is 6.26. The number of halogens is 1. The standard InChI is InChI=1S/C9H13BrN2O/c1-6(12-4-7(11)5-12)8-2-3-9(10)13-8/h2-3,6-7H,4-5,11H2,1H3. The summed E-state index contributed by atoms with van der Waals surface area (Å²) in [7, 11) is 0. The highest BCUT2D eigenvalue weighted by molar-refractivity contribution is 9.10. The van der Waals surface area contributed by atoms with Gasteiger partial charge in [0.1, 0.15) is 5.76 Å². The van der Waals surface area contributed by atoms with Gasteiger partial charge in [-0.25, -0.2) is 0 Å². The van der Waals surface area contributed by atoms with Gasteiger partial charge in [0, 0.05) is 19.1 Å². The normalized spacial score (nSPS) is 21.5. The molecule has 0 radical (unpaired) electrons. The monoisotopic (exact) mass is 244 g/mol. The van der Waals surface area contributed by atoms with E-state index in [2.05, 4.69) is 27.8 Å². The molecule has 1 aromatic rings. The lowest BCUT2D eigenvalue weighted by Crippen LogP contribution is -2.56. The largest absolute Gasteiger partial charge is 0.453 e. The lowest BCUT2D eigenvalue weighted by molar-refractivity contribution is 0.0904. The zero-order chi connectivity index (χ0) is 9.42. The first-order chi connectivity index (χ1) is 6.16. The second-order valence-electron chi connectivity index (χ2n) is 3.53. The number of hydrogen-bond donors (Lipinski definition) is 1. The van der Waals surface area contributed by atoms with Crippen molar-refractivity contribution in [3.05, 3.63) is 22.6 Å². The van der Waals surface area contributed by atoms with Gasteiger partial charge < -0.3 is 10.2 Å². The van der Waals surface area contributed by atoms with Gasteiger partial charge in [-0.05, 0) is 35.0 Å². The lowest BCUT2D eigenvalue weighted by Gasteiger charge is -2.40. The first kappa shape index (κ1) is 9.24. The van der Waals surface area contributed by atoms with E-state index in [1.54, 1.807) is 0 Å². The van der Waals surface area contributed by atoms with Crippen molar-refractivity contribution in [3.8, 4) is 0 Å². The van der Waals surface area contributed by atoms with Crippen LogP contribution in [0.25, 0.3) is 0 Å². The lowest BCUT2D eigenvalue weighted by atomic mass is 10.1. The molecular weight excluding hydrogens is 232 g/mol. The van der Waals surface area contributed by atoms with Crippen molar-refractivity contribution in [2.45, 2.75) is 19.0 Å². The fourth-order valence-corrected chi connectivity index (χ4v) is 1.92. The molecule has 4 heteroatoms. The number of furan rings is 1. The summed E-state index contributed by atoms with van der Waals surface area (Å²) in [5.74, 6) is 0.999. The van der Waals surface area contributed by atoms with Crippen molar-refractivity contribution < 1.29 is 4.42 Å². The van der Waals surface area contributed by atoms with Gasteiger partial charge in [-0.15, -0.1) is 0 Å². The summed E-state index contributed by atoms with van der Waals surface area (Å²) in [4.78, 5) is 2.30. The molecule has 13 heavy (non-hydrogen) atoms. The van der Waals surface area contributed by atoms with Gasteiger partial charge in [0.2, 0.25) is 0 Å². The molecule has 0 saturated carbocycles. The molecule has 0 amide bonds. The predicted molar refractivity (Wildman–Crippen MR) is 54.4 cm³/mol. The van der Waals surface area contributed by atoms with Crippen LogP contribution >= 0.6 is 15.9 Å². The first-order valence-electron chi connectivity index (χ1n) is 4.41. The van der Waals surface area contributed by atoms with Gasteiger partial charge in [-0.1, -0.05) is 0 Å². The van der Waals surface area contributed by atoms with Crippen molar-refractivity contribution in [1.29, 1.82) is 0 Å². The predicted octanol–water partition coefficient (Wildman–Crippen LogP) is 1.75. The first-order valence-corrected chi connectivity index (χ1v) is 5.21. The van der Waals surface area contributed by atoms with E-state index in [0.717, 1.165) is 23.5 Å². The Kier molecular flexibility index (Phi) is 2.45. The van der Waals surface area contributed by atoms with Crippen molar-refractivity contribution >= 4 is 15.9 Å². The fourth-order valence-electron chi connectivity index (χ4n) is 1.60. The molecule has 0 bridgehead atoms. The van der Waals surface area contributed by atoms with Crippen molar-refractivity contribution in [3.63, 3.8) is 0 Å². The van der Waals surface area contributed by atoms with Crippen molar-refractivity contribution in [2.75, 3.05) is 13.1 Å². The molecule has 1 aliphatic rings. The van der Waals surface area contributed by atoms with Gasteiger partial charge in [0.25, 0.3) is 0 Å². The van der Waals surface area contributed by atoms with Crippen LogP contribution in [0.3, 0.4) is 0 Å². The third-order valence-electron chi connectivity index (χ3n) is 2.49. The molecule has 3 nitrogen and oxygen atoms in total. The number of nitrogens with two attached hydrogens (primary N) is 1. The highest BCUT2D eigenvalue weighted by atomic mass is 79.9. The third kappa shape index (κ3) is 1.80. The zero-order valence-electron chi connectivity index (χ0n) is 7.53. The topological polar surface area (TPSA) is 42.4 Å². The van der Waals surface area contributed by atoms with E-state index in [0.29, 0.717) is 12.1 Å². The van der Waals surface area contributed by atoms with Crippen LogP contribution in [0, 0.1) is 0 Å². The van der Waals surface area contributed by atoms with Gasteiger partial charge in [-0.3, -0.25) is 4.90 Å². The Morgan fingerprint density at radius 3 is 2.77 bits per heavy atom. The van der Waals surface area contributed by atoms with Crippen LogP contribution in [-0.2, 0) is 0 Å². The molecule has 2 rings (SSSR count). The quantitative estimate of drug-likeness (QED) is 0.863. The van der Waals surface area contributed by atoms with Crippen LogP contribution in [0.15, 0.2) is 21.2 Å². The van der Waals surface area contributed by atoms with Gasteiger partial charge in [0.15, 0.2) is 4.67 Å². The van der Waals surface area contributed by atoms with Crippen LogP contribution < -0.4 is 5.73 Å². The molecule has 0 spiro atoms. The van der Waals surface area contributed by atoms with Gasteiger partial charge in [-0.2, -0.15) is 0 Å². The molecule has 2 heterocycles. The summed E-state index contributed by atoms with van der Waals surface area (Å²) in [6.07, 6.45) is 0. The minimum Gasteiger partial charge on any atom is -0.453 e. The molecule has 1 aromatic heterocycles. The summed E-state index contributed by atoms with van der Waals surface area (Å²) >= 11 is 3.29. The minimum atomic E-state index is 0.339. The zero-order valence-corrected chi connectivity index (χ0v) is 9.12. The summed E-state index contributed by atoms with van der Waals surface area (Å²) in [6, 6.07) is 4.61. The van der Waals surface area contributed by atoms with Crippen LogP contribution in [-0.4, -0.2) is 24.0 Å². The van der Waals surface area contributed by atoms with E-state index in [4.69, 9.17) is 10.2 Å². The van der Waals surface area contributed by atoms with E-state index in [1.165, 1.54) is 0 Å². The molecule has 1 fully saturated rings. The second-order valence-corrected chi connectivity index (χ2v) is 4.31. The SMILES string of the molecule is CC(c1ccc(Br)o1)N1CC(N)C1. The summed E-state index contributed by atoms with van der Waals surface area (Å²) in [5, 5.41) is 0. The van der Waals surface area contributed by atoms with E-state index in [9.17, 15) is 0 Å². The molecule has 1 saturated heterocycles. The van der Waals surface area contributed by atoms with Crippen LogP contribution in [0.1, 0.15) is 18.7 Å². The maximum atomic E-state index is 5.71. The molecule has 0 aromatic carbocycles. The average Bonchev–Trinajstić information content (AvgIpc) is 2.45. The molecule has 72 valence electrons. The smallest absolute Gasteiger partial charge is 0.169 e. The van der Waals surface area contributed by atoms with E-state index < -0.39 is 0 Å². The highest BCUT2D eigenvalue weighted by Crippen LogP contribution is 2.27. The number of hydrogen-bond acceptors (Lipinski definition) is 3. The second kappa shape index (κ2) is 3.44. The Balaban J connectivity index is 2.01.